The second-order valence-corrected chi connectivity index (χ2v) is 6.80. The largest absolute Gasteiger partial charge is 0.481 e. The summed E-state index contributed by atoms with van der Waals surface area (Å²) in [4.78, 5) is 11.2. The minimum Gasteiger partial charge on any atom is -0.481 e. The summed E-state index contributed by atoms with van der Waals surface area (Å²) in [6.45, 7) is 5.04. The van der Waals surface area contributed by atoms with Crippen LogP contribution in [0.2, 0.25) is 0 Å². The lowest BCUT2D eigenvalue weighted by molar-refractivity contribution is -0.137. The Balaban J connectivity index is 3.03. The Morgan fingerprint density at radius 3 is 2.29 bits per heavy atom. The van der Waals surface area contributed by atoms with Crippen molar-refractivity contribution in [2.45, 2.75) is 30.9 Å². The Bertz CT molecular complexity index is 648. The molecule has 0 aliphatic rings. The van der Waals surface area contributed by atoms with Crippen LogP contribution in [-0.4, -0.2) is 31.4 Å². The van der Waals surface area contributed by atoms with Gasteiger partial charge >= 0.3 is 5.97 Å². The molecule has 1 aromatic carbocycles. The summed E-state index contributed by atoms with van der Waals surface area (Å²) in [5.74, 6) is 4.01. The molecule has 0 unspecified atom stereocenters. The van der Waals surface area contributed by atoms with Crippen LogP contribution in [0.1, 0.15) is 20.8 Å². The lowest BCUT2D eigenvalue weighted by Gasteiger charge is -2.17. The Hall–Kier alpha value is -2.00. The van der Waals surface area contributed by atoms with Gasteiger partial charge in [0.05, 0.1) is 4.90 Å². The molecule has 0 aromatic heterocycles. The lowest BCUT2D eigenvalue weighted by atomic mass is 10.1. The summed E-state index contributed by atoms with van der Waals surface area (Å²) in [7, 11) is -3.92. The molecule has 21 heavy (non-hydrogen) atoms. The minimum atomic E-state index is -3.92. The average molecular weight is 310 g/mol. The van der Waals surface area contributed by atoms with Crippen molar-refractivity contribution in [3.8, 4) is 17.6 Å². The second kappa shape index (κ2) is 7.14. The van der Waals surface area contributed by atoms with Crippen LogP contribution in [0.5, 0.6) is 5.75 Å². The standard InChI is InChI=1S/C15H18O5S/c1-4-5-10-20-12-6-8-13(9-7-12)21(18,19)14(11(2)3)15(16)17/h6-9,11,14H,10H2,1-3H3,(H,16,17)/t14-/m1/s1. The third-order valence-corrected chi connectivity index (χ3v) is 5.17. The normalized spacial score (nSPS) is 12.4. The fourth-order valence-electron chi connectivity index (χ4n) is 1.84. The van der Waals surface area contributed by atoms with E-state index in [0.717, 1.165) is 0 Å². The van der Waals surface area contributed by atoms with E-state index in [1.807, 2.05) is 0 Å². The number of sulfone groups is 1. The van der Waals surface area contributed by atoms with Gasteiger partial charge in [-0.2, -0.15) is 0 Å². The monoisotopic (exact) mass is 310 g/mol. The number of carboxylic acid groups (broad SMARTS) is 1. The lowest BCUT2D eigenvalue weighted by Crippen LogP contribution is -2.34. The van der Waals surface area contributed by atoms with Crippen molar-refractivity contribution in [1.82, 2.24) is 0 Å². The number of benzene rings is 1. The summed E-state index contributed by atoms with van der Waals surface area (Å²) in [6, 6.07) is 5.68. The summed E-state index contributed by atoms with van der Waals surface area (Å²) in [5, 5.41) is 7.66. The summed E-state index contributed by atoms with van der Waals surface area (Å²) >= 11 is 0. The van der Waals surface area contributed by atoms with Crippen molar-refractivity contribution < 1.29 is 23.1 Å². The number of aliphatic carboxylic acids is 1. The second-order valence-electron chi connectivity index (χ2n) is 4.73. The van der Waals surface area contributed by atoms with Gasteiger partial charge in [-0.15, -0.1) is 5.92 Å². The Morgan fingerprint density at radius 1 is 1.29 bits per heavy atom. The van der Waals surface area contributed by atoms with Crippen molar-refractivity contribution in [2.24, 2.45) is 5.92 Å². The molecule has 0 saturated carbocycles. The van der Waals surface area contributed by atoms with Gasteiger partial charge in [0.15, 0.2) is 15.1 Å². The van der Waals surface area contributed by atoms with Crippen LogP contribution in [0, 0.1) is 17.8 Å². The molecule has 0 aliphatic heterocycles. The molecule has 1 N–H and O–H groups in total. The first-order chi connectivity index (χ1) is 9.80. The highest BCUT2D eigenvalue weighted by Gasteiger charge is 2.36. The van der Waals surface area contributed by atoms with Crippen molar-refractivity contribution in [3.63, 3.8) is 0 Å². The molecule has 1 rings (SSSR count). The molecular formula is C15H18O5S. The SMILES string of the molecule is CC#CCOc1ccc(S(=O)(=O)[C@@H](C(=O)O)C(C)C)cc1. The van der Waals surface area contributed by atoms with E-state index in [2.05, 4.69) is 11.8 Å². The molecule has 0 radical (unpaired) electrons. The zero-order chi connectivity index (χ0) is 16.0. The fraction of sp³-hybridized carbons (Fsp3) is 0.400. The zero-order valence-corrected chi connectivity index (χ0v) is 13.0. The summed E-state index contributed by atoms with van der Waals surface area (Å²) in [5.41, 5.74) is 0. The smallest absolute Gasteiger partial charge is 0.322 e. The van der Waals surface area contributed by atoms with E-state index >= 15 is 0 Å². The van der Waals surface area contributed by atoms with Crippen molar-refractivity contribution in [2.75, 3.05) is 6.61 Å². The highest BCUT2D eigenvalue weighted by Crippen LogP contribution is 2.24. The van der Waals surface area contributed by atoms with Crippen LogP contribution < -0.4 is 4.74 Å². The third kappa shape index (κ3) is 4.23. The molecule has 0 saturated heterocycles. The van der Waals surface area contributed by atoms with Gasteiger partial charge in [0.25, 0.3) is 0 Å². The predicted molar refractivity (Wildman–Crippen MR) is 78.8 cm³/mol. The maximum absolute atomic E-state index is 12.3. The van der Waals surface area contributed by atoms with Crippen LogP contribution >= 0.6 is 0 Å². The topological polar surface area (TPSA) is 80.7 Å². The Labute approximate surface area is 124 Å². The number of carboxylic acids is 1. The van der Waals surface area contributed by atoms with E-state index in [4.69, 9.17) is 9.84 Å². The number of hydrogen-bond donors (Lipinski definition) is 1. The molecule has 6 heteroatoms. The van der Waals surface area contributed by atoms with Crippen molar-refractivity contribution >= 4 is 15.8 Å². The molecule has 0 fully saturated rings. The number of rotatable bonds is 6. The molecule has 114 valence electrons. The van der Waals surface area contributed by atoms with E-state index in [1.165, 1.54) is 24.3 Å². The molecule has 0 bridgehead atoms. The highest BCUT2D eigenvalue weighted by molar-refractivity contribution is 7.92. The number of hydrogen-bond acceptors (Lipinski definition) is 4. The van der Waals surface area contributed by atoms with Crippen LogP contribution in [0.4, 0.5) is 0 Å². The van der Waals surface area contributed by atoms with Crippen molar-refractivity contribution in [1.29, 1.82) is 0 Å². The van der Waals surface area contributed by atoms with Crippen LogP contribution in [0.3, 0.4) is 0 Å². The average Bonchev–Trinajstić information content (AvgIpc) is 2.38. The maximum atomic E-state index is 12.3. The van der Waals surface area contributed by atoms with E-state index < -0.39 is 27.0 Å². The van der Waals surface area contributed by atoms with Gasteiger partial charge < -0.3 is 9.84 Å². The first-order valence-corrected chi connectivity index (χ1v) is 7.94. The van der Waals surface area contributed by atoms with Gasteiger partial charge in [0, 0.05) is 0 Å². The van der Waals surface area contributed by atoms with Gasteiger partial charge in [-0.05, 0) is 37.1 Å². The maximum Gasteiger partial charge on any atom is 0.322 e. The van der Waals surface area contributed by atoms with Crippen LogP contribution in [0.15, 0.2) is 29.2 Å². The van der Waals surface area contributed by atoms with Crippen LogP contribution in [0.25, 0.3) is 0 Å². The van der Waals surface area contributed by atoms with E-state index in [-0.39, 0.29) is 11.5 Å². The quantitative estimate of drug-likeness (QED) is 0.813. The molecular weight excluding hydrogens is 292 g/mol. The van der Waals surface area contributed by atoms with Gasteiger partial charge in [0.2, 0.25) is 0 Å². The molecule has 0 heterocycles. The van der Waals surface area contributed by atoms with E-state index in [0.29, 0.717) is 5.75 Å². The minimum absolute atomic E-state index is 0.0301. The van der Waals surface area contributed by atoms with Gasteiger partial charge in [0.1, 0.15) is 12.4 Å². The van der Waals surface area contributed by atoms with E-state index in [1.54, 1.807) is 20.8 Å². The predicted octanol–water partition coefficient (Wildman–Crippen LogP) is 1.97. The van der Waals surface area contributed by atoms with Gasteiger partial charge in [-0.1, -0.05) is 19.8 Å². The first-order valence-electron chi connectivity index (χ1n) is 6.40. The highest BCUT2D eigenvalue weighted by atomic mass is 32.2. The van der Waals surface area contributed by atoms with E-state index in [9.17, 15) is 13.2 Å². The van der Waals surface area contributed by atoms with Crippen LogP contribution in [-0.2, 0) is 14.6 Å². The third-order valence-electron chi connectivity index (χ3n) is 2.82. The van der Waals surface area contributed by atoms with Crippen molar-refractivity contribution in [3.05, 3.63) is 24.3 Å². The summed E-state index contributed by atoms with van der Waals surface area (Å²) < 4.78 is 30.0. The molecule has 1 aromatic rings. The molecule has 5 nitrogen and oxygen atoms in total. The Kier molecular flexibility index (Phi) is 5.79. The molecule has 0 spiro atoms. The summed E-state index contributed by atoms with van der Waals surface area (Å²) in [6.07, 6.45) is 0. The fourth-order valence-corrected chi connectivity index (χ4v) is 3.63. The zero-order valence-electron chi connectivity index (χ0n) is 12.2. The first kappa shape index (κ1) is 17.1. The molecule has 0 aliphatic carbocycles. The van der Waals surface area contributed by atoms with Gasteiger partial charge in [-0.3, -0.25) is 4.79 Å². The van der Waals surface area contributed by atoms with Gasteiger partial charge in [-0.25, -0.2) is 8.42 Å². The molecule has 0 amide bonds. The molecule has 1 atom stereocenters. The number of carbonyl (C=O) groups is 1. The Morgan fingerprint density at radius 2 is 1.86 bits per heavy atom. The number of ether oxygens (including phenoxy) is 1.